The zero-order valence-electron chi connectivity index (χ0n) is 13.4. The summed E-state index contributed by atoms with van der Waals surface area (Å²) in [6.07, 6.45) is 7.08. The predicted octanol–water partition coefficient (Wildman–Crippen LogP) is 1.93. The molecule has 1 saturated carbocycles. The molecule has 0 amide bonds. The molecule has 2 heterocycles. The molecule has 3 atom stereocenters. The monoisotopic (exact) mass is 294 g/mol. The zero-order valence-corrected chi connectivity index (χ0v) is 13.4. The minimum absolute atomic E-state index is 0.312. The minimum Gasteiger partial charge on any atom is -0.374 e. The van der Waals surface area contributed by atoms with Crippen molar-refractivity contribution < 1.29 is 9.53 Å². The van der Waals surface area contributed by atoms with E-state index >= 15 is 0 Å². The Morgan fingerprint density at radius 2 is 2.10 bits per heavy atom. The van der Waals surface area contributed by atoms with Gasteiger partial charge in [0, 0.05) is 38.0 Å². The fourth-order valence-corrected chi connectivity index (χ4v) is 4.39. The lowest BCUT2D eigenvalue weighted by atomic mass is 9.82. The van der Waals surface area contributed by atoms with E-state index in [1.54, 1.807) is 0 Å². The number of hydrogen-bond donors (Lipinski definition) is 0. The van der Waals surface area contributed by atoms with Gasteiger partial charge in [-0.05, 0) is 38.8 Å². The molecule has 0 spiro atoms. The fraction of sp³-hybridized carbons (Fsp3) is 0.941. The maximum absolute atomic E-state index is 12.3. The average molecular weight is 294 g/mol. The molecule has 21 heavy (non-hydrogen) atoms. The SMILES string of the molecule is CCN1CCOC(CN2CCCC2C2CCCCC2=O)C1. The molecule has 2 saturated heterocycles. The highest BCUT2D eigenvalue weighted by atomic mass is 16.5. The number of ketones is 1. The van der Waals surface area contributed by atoms with Crippen molar-refractivity contribution in [3.05, 3.63) is 0 Å². The highest BCUT2D eigenvalue weighted by Gasteiger charge is 2.37. The van der Waals surface area contributed by atoms with Crippen LogP contribution in [0, 0.1) is 5.92 Å². The van der Waals surface area contributed by atoms with E-state index in [0.717, 1.165) is 58.6 Å². The Labute approximate surface area is 128 Å². The van der Waals surface area contributed by atoms with Gasteiger partial charge in [0.25, 0.3) is 0 Å². The summed E-state index contributed by atoms with van der Waals surface area (Å²) in [5, 5.41) is 0. The lowest BCUT2D eigenvalue weighted by Gasteiger charge is -2.38. The van der Waals surface area contributed by atoms with Crippen LogP contribution in [0.15, 0.2) is 0 Å². The van der Waals surface area contributed by atoms with Crippen molar-refractivity contribution in [3.8, 4) is 0 Å². The van der Waals surface area contributed by atoms with Gasteiger partial charge in [-0.1, -0.05) is 13.3 Å². The van der Waals surface area contributed by atoms with Crippen LogP contribution in [0.4, 0.5) is 0 Å². The minimum atomic E-state index is 0.312. The van der Waals surface area contributed by atoms with Gasteiger partial charge in [-0.15, -0.1) is 0 Å². The molecule has 0 bridgehead atoms. The van der Waals surface area contributed by atoms with E-state index in [9.17, 15) is 4.79 Å². The summed E-state index contributed by atoms with van der Waals surface area (Å²) < 4.78 is 5.97. The Hall–Kier alpha value is -0.450. The van der Waals surface area contributed by atoms with Crippen LogP contribution in [0.25, 0.3) is 0 Å². The molecule has 3 rings (SSSR count). The van der Waals surface area contributed by atoms with E-state index in [4.69, 9.17) is 4.74 Å². The third-order valence-electron chi connectivity index (χ3n) is 5.59. The van der Waals surface area contributed by atoms with Crippen LogP contribution < -0.4 is 0 Å². The van der Waals surface area contributed by atoms with E-state index < -0.39 is 0 Å². The molecule has 0 N–H and O–H groups in total. The van der Waals surface area contributed by atoms with Crippen LogP contribution in [0.3, 0.4) is 0 Å². The summed E-state index contributed by atoms with van der Waals surface area (Å²) >= 11 is 0. The van der Waals surface area contributed by atoms with E-state index in [-0.39, 0.29) is 0 Å². The second-order valence-electron chi connectivity index (χ2n) is 6.91. The Balaban J connectivity index is 1.57. The molecular formula is C17H30N2O2. The molecule has 4 heteroatoms. The number of hydrogen-bond acceptors (Lipinski definition) is 4. The normalized spacial score (nSPS) is 36.2. The molecule has 4 nitrogen and oxygen atoms in total. The topological polar surface area (TPSA) is 32.8 Å². The molecule has 0 aromatic carbocycles. The number of ether oxygens (including phenoxy) is 1. The van der Waals surface area contributed by atoms with E-state index in [2.05, 4.69) is 16.7 Å². The van der Waals surface area contributed by atoms with Gasteiger partial charge in [-0.25, -0.2) is 0 Å². The van der Waals surface area contributed by atoms with Crippen molar-refractivity contribution in [2.75, 3.05) is 39.3 Å². The van der Waals surface area contributed by atoms with E-state index in [0.29, 0.717) is 23.8 Å². The van der Waals surface area contributed by atoms with Gasteiger partial charge >= 0.3 is 0 Å². The molecule has 0 radical (unpaired) electrons. The number of likely N-dealkylation sites (tertiary alicyclic amines) is 1. The van der Waals surface area contributed by atoms with Gasteiger partial charge in [0.2, 0.25) is 0 Å². The number of likely N-dealkylation sites (N-methyl/N-ethyl adjacent to an activating group) is 1. The molecule has 0 aromatic heterocycles. The fourth-order valence-electron chi connectivity index (χ4n) is 4.39. The Morgan fingerprint density at radius 1 is 1.19 bits per heavy atom. The van der Waals surface area contributed by atoms with Crippen LogP contribution in [-0.4, -0.2) is 67.1 Å². The van der Waals surface area contributed by atoms with Gasteiger partial charge in [-0.3, -0.25) is 14.6 Å². The number of carbonyl (C=O) groups is 1. The van der Waals surface area contributed by atoms with E-state index in [1.165, 1.54) is 19.3 Å². The number of carbonyl (C=O) groups excluding carboxylic acids is 1. The second kappa shape index (κ2) is 7.21. The van der Waals surface area contributed by atoms with Crippen molar-refractivity contribution in [1.29, 1.82) is 0 Å². The zero-order chi connectivity index (χ0) is 14.7. The summed E-state index contributed by atoms with van der Waals surface area (Å²) in [4.78, 5) is 17.3. The second-order valence-corrected chi connectivity index (χ2v) is 6.91. The van der Waals surface area contributed by atoms with Crippen molar-refractivity contribution in [2.45, 2.75) is 57.6 Å². The van der Waals surface area contributed by atoms with Crippen LogP contribution >= 0.6 is 0 Å². The lowest BCUT2D eigenvalue weighted by molar-refractivity contribution is -0.127. The van der Waals surface area contributed by atoms with Gasteiger partial charge in [0.15, 0.2) is 0 Å². The maximum Gasteiger partial charge on any atom is 0.137 e. The summed E-state index contributed by atoms with van der Waals surface area (Å²) in [7, 11) is 0. The summed E-state index contributed by atoms with van der Waals surface area (Å²) in [6.45, 7) is 8.49. The number of Topliss-reactive ketones (excluding diaryl/α,β-unsaturated/α-hetero) is 1. The highest BCUT2D eigenvalue weighted by molar-refractivity contribution is 5.82. The van der Waals surface area contributed by atoms with E-state index in [1.807, 2.05) is 0 Å². The van der Waals surface area contributed by atoms with Crippen molar-refractivity contribution in [2.24, 2.45) is 5.92 Å². The van der Waals surface area contributed by atoms with Crippen LogP contribution in [0.5, 0.6) is 0 Å². The summed E-state index contributed by atoms with van der Waals surface area (Å²) in [5.74, 6) is 0.838. The van der Waals surface area contributed by atoms with Crippen LogP contribution in [0.1, 0.15) is 45.4 Å². The van der Waals surface area contributed by atoms with Gasteiger partial charge < -0.3 is 4.74 Å². The van der Waals surface area contributed by atoms with Crippen molar-refractivity contribution in [3.63, 3.8) is 0 Å². The summed E-state index contributed by atoms with van der Waals surface area (Å²) in [6, 6.07) is 0.499. The molecule has 3 fully saturated rings. The lowest BCUT2D eigenvalue weighted by Crippen LogP contribution is -2.50. The van der Waals surface area contributed by atoms with Crippen LogP contribution in [0.2, 0.25) is 0 Å². The van der Waals surface area contributed by atoms with Crippen LogP contribution in [-0.2, 0) is 9.53 Å². The first-order valence-corrected chi connectivity index (χ1v) is 8.88. The molecular weight excluding hydrogens is 264 g/mol. The molecule has 1 aliphatic carbocycles. The molecule has 2 aliphatic heterocycles. The summed E-state index contributed by atoms with van der Waals surface area (Å²) in [5.41, 5.74) is 0. The van der Waals surface area contributed by atoms with Gasteiger partial charge in [0.1, 0.15) is 5.78 Å². The van der Waals surface area contributed by atoms with Crippen molar-refractivity contribution in [1.82, 2.24) is 9.80 Å². The standard InChI is InChI=1S/C17H30N2O2/c1-2-18-10-11-21-14(12-18)13-19-9-5-7-16(19)15-6-3-4-8-17(15)20/h14-16H,2-13H2,1H3. The Bertz CT molecular complexity index is 361. The molecule has 120 valence electrons. The first-order chi connectivity index (χ1) is 10.3. The molecule has 0 aromatic rings. The van der Waals surface area contributed by atoms with Crippen molar-refractivity contribution >= 4 is 5.78 Å². The predicted molar refractivity (Wildman–Crippen MR) is 83.4 cm³/mol. The van der Waals surface area contributed by atoms with Gasteiger partial charge in [0.05, 0.1) is 12.7 Å². The smallest absolute Gasteiger partial charge is 0.137 e. The third-order valence-corrected chi connectivity index (χ3v) is 5.59. The first kappa shape index (κ1) is 15.4. The largest absolute Gasteiger partial charge is 0.374 e. The Morgan fingerprint density at radius 3 is 2.90 bits per heavy atom. The maximum atomic E-state index is 12.3. The number of nitrogens with zero attached hydrogens (tertiary/aromatic N) is 2. The average Bonchev–Trinajstić information content (AvgIpc) is 2.96. The molecule has 3 aliphatic rings. The highest BCUT2D eigenvalue weighted by Crippen LogP contribution is 2.32. The first-order valence-electron chi connectivity index (χ1n) is 8.88. The third kappa shape index (κ3) is 3.66. The van der Waals surface area contributed by atoms with Gasteiger partial charge in [-0.2, -0.15) is 0 Å². The number of rotatable bonds is 4. The Kier molecular flexibility index (Phi) is 5.30. The number of morpholine rings is 1. The quantitative estimate of drug-likeness (QED) is 0.793. The molecule has 3 unspecified atom stereocenters.